The number of thioether (sulfide) groups is 1. The zero-order valence-corrected chi connectivity index (χ0v) is 20.8. The standard InChI is InChI=1S/C20H19N7OS.C3H5ClO/c1-4-16(28)24-15-9-11-27-18(14-8-10-21-20(23-14)29-3)17(26-19(27)25-15)13-7-5-6-12(2)22-13;1-2-3(4)5/h5-11H,4H2,1-3H3,(H,24,25,26,28);2H2,1H3. The first-order chi connectivity index (χ1) is 16.4. The molecular formula is C23H24ClN7O2S. The highest BCUT2D eigenvalue weighted by molar-refractivity contribution is 7.98. The van der Waals surface area contributed by atoms with Crippen molar-refractivity contribution in [3.63, 3.8) is 0 Å². The molecule has 176 valence electrons. The number of nitrogens with one attached hydrogen (secondary N) is 1. The van der Waals surface area contributed by atoms with Crippen LogP contribution in [0.3, 0.4) is 0 Å². The van der Waals surface area contributed by atoms with Crippen LogP contribution in [0.2, 0.25) is 0 Å². The average molecular weight is 498 g/mol. The van der Waals surface area contributed by atoms with Crippen molar-refractivity contribution < 1.29 is 9.59 Å². The van der Waals surface area contributed by atoms with Crippen LogP contribution in [0.5, 0.6) is 0 Å². The van der Waals surface area contributed by atoms with E-state index in [0.717, 1.165) is 22.8 Å². The average Bonchev–Trinajstić information content (AvgIpc) is 3.23. The van der Waals surface area contributed by atoms with Gasteiger partial charge in [0.05, 0.1) is 11.4 Å². The molecule has 0 aliphatic carbocycles. The van der Waals surface area contributed by atoms with Crippen molar-refractivity contribution in [2.75, 3.05) is 11.6 Å². The van der Waals surface area contributed by atoms with Gasteiger partial charge in [-0.15, -0.1) is 0 Å². The Hall–Kier alpha value is -3.37. The minimum atomic E-state index is -0.273. The van der Waals surface area contributed by atoms with Crippen LogP contribution >= 0.6 is 23.4 Å². The number of halogens is 1. The molecule has 1 N–H and O–H groups in total. The van der Waals surface area contributed by atoms with Gasteiger partial charge in [0.1, 0.15) is 17.2 Å². The SMILES string of the molecule is CCC(=O)Cl.CCC(=O)Nc1ccn2c(-c3ccnc(SC)n3)c(-c3cccc(C)n3)nc2n1. The fourth-order valence-corrected chi connectivity index (χ4v) is 3.26. The van der Waals surface area contributed by atoms with E-state index in [9.17, 15) is 9.59 Å². The Morgan fingerprint density at radius 3 is 2.44 bits per heavy atom. The number of fused-ring (bicyclic) bond motifs is 1. The van der Waals surface area contributed by atoms with Crippen LogP contribution in [0.4, 0.5) is 5.82 Å². The molecule has 1 amide bonds. The van der Waals surface area contributed by atoms with Crippen LogP contribution < -0.4 is 5.32 Å². The van der Waals surface area contributed by atoms with Crippen molar-refractivity contribution in [2.24, 2.45) is 0 Å². The molecule has 0 aliphatic heterocycles. The summed E-state index contributed by atoms with van der Waals surface area (Å²) in [5.41, 5.74) is 3.79. The quantitative estimate of drug-likeness (QED) is 0.230. The van der Waals surface area contributed by atoms with Crippen LogP contribution in [0, 0.1) is 6.92 Å². The fraction of sp³-hybridized carbons (Fsp3) is 0.261. The molecular weight excluding hydrogens is 474 g/mol. The zero-order valence-electron chi connectivity index (χ0n) is 19.2. The highest BCUT2D eigenvalue weighted by atomic mass is 35.5. The molecule has 0 bridgehead atoms. The van der Waals surface area contributed by atoms with Crippen molar-refractivity contribution in [1.82, 2.24) is 29.3 Å². The molecule has 0 aliphatic rings. The predicted molar refractivity (Wildman–Crippen MR) is 134 cm³/mol. The number of pyridine rings is 1. The lowest BCUT2D eigenvalue weighted by Gasteiger charge is -2.07. The number of carbonyl (C=O) groups excluding carboxylic acids is 2. The van der Waals surface area contributed by atoms with Gasteiger partial charge < -0.3 is 5.32 Å². The van der Waals surface area contributed by atoms with E-state index >= 15 is 0 Å². The summed E-state index contributed by atoms with van der Waals surface area (Å²) in [7, 11) is 0. The number of amides is 1. The summed E-state index contributed by atoms with van der Waals surface area (Å²) in [5, 5.41) is 3.17. The molecule has 0 spiro atoms. The molecule has 9 nitrogen and oxygen atoms in total. The lowest BCUT2D eigenvalue weighted by molar-refractivity contribution is -0.116. The van der Waals surface area contributed by atoms with Crippen molar-refractivity contribution in [2.45, 2.75) is 38.8 Å². The maximum Gasteiger partial charge on any atom is 0.236 e. The predicted octanol–water partition coefficient (Wildman–Crippen LogP) is 4.79. The van der Waals surface area contributed by atoms with Gasteiger partial charge in [0.2, 0.25) is 16.9 Å². The molecule has 34 heavy (non-hydrogen) atoms. The minimum Gasteiger partial charge on any atom is -0.311 e. The van der Waals surface area contributed by atoms with Gasteiger partial charge in [-0.3, -0.25) is 19.0 Å². The van der Waals surface area contributed by atoms with E-state index in [1.807, 2.05) is 48.0 Å². The molecule has 0 aromatic carbocycles. The van der Waals surface area contributed by atoms with Gasteiger partial charge in [-0.1, -0.05) is 31.7 Å². The smallest absolute Gasteiger partial charge is 0.236 e. The molecule has 0 unspecified atom stereocenters. The van der Waals surface area contributed by atoms with E-state index in [-0.39, 0.29) is 11.1 Å². The highest BCUT2D eigenvalue weighted by Crippen LogP contribution is 2.31. The summed E-state index contributed by atoms with van der Waals surface area (Å²) in [4.78, 5) is 44.1. The second-order valence-electron chi connectivity index (χ2n) is 6.99. The van der Waals surface area contributed by atoms with E-state index in [1.165, 1.54) is 11.8 Å². The lowest BCUT2D eigenvalue weighted by atomic mass is 10.1. The van der Waals surface area contributed by atoms with E-state index < -0.39 is 0 Å². The number of anilines is 1. The maximum absolute atomic E-state index is 11.7. The summed E-state index contributed by atoms with van der Waals surface area (Å²) in [6.07, 6.45) is 6.30. The van der Waals surface area contributed by atoms with Gasteiger partial charge in [-0.2, -0.15) is 4.98 Å². The summed E-state index contributed by atoms with van der Waals surface area (Å²) < 4.78 is 1.85. The summed E-state index contributed by atoms with van der Waals surface area (Å²) in [5.74, 6) is 0.809. The molecule has 4 aromatic rings. The molecule has 4 aromatic heterocycles. The number of imidazole rings is 1. The van der Waals surface area contributed by atoms with Crippen molar-refractivity contribution in [1.29, 1.82) is 0 Å². The molecule has 0 saturated heterocycles. The largest absolute Gasteiger partial charge is 0.311 e. The highest BCUT2D eigenvalue weighted by Gasteiger charge is 2.20. The van der Waals surface area contributed by atoms with Crippen LogP contribution in [0.15, 0.2) is 47.9 Å². The fourth-order valence-electron chi connectivity index (χ4n) is 2.90. The van der Waals surface area contributed by atoms with Gasteiger partial charge in [0, 0.05) is 30.9 Å². The van der Waals surface area contributed by atoms with Gasteiger partial charge >= 0.3 is 0 Å². The third kappa shape index (κ3) is 6.15. The lowest BCUT2D eigenvalue weighted by Crippen LogP contribution is -2.11. The van der Waals surface area contributed by atoms with Crippen LogP contribution in [-0.2, 0) is 9.59 Å². The normalized spacial score (nSPS) is 10.5. The molecule has 11 heteroatoms. The van der Waals surface area contributed by atoms with Crippen molar-refractivity contribution >= 4 is 46.1 Å². The van der Waals surface area contributed by atoms with E-state index in [1.54, 1.807) is 26.1 Å². The van der Waals surface area contributed by atoms with Gasteiger partial charge in [0.25, 0.3) is 0 Å². The number of carbonyl (C=O) groups is 2. The number of hydrogen-bond donors (Lipinski definition) is 1. The van der Waals surface area contributed by atoms with E-state index in [2.05, 4.69) is 25.3 Å². The Kier molecular flexibility index (Phi) is 8.67. The molecule has 4 rings (SSSR count). The Bertz CT molecular complexity index is 1330. The summed E-state index contributed by atoms with van der Waals surface area (Å²) in [6, 6.07) is 9.38. The Morgan fingerprint density at radius 1 is 1.03 bits per heavy atom. The Labute approximate surface area is 206 Å². The van der Waals surface area contributed by atoms with Crippen LogP contribution in [0.25, 0.3) is 28.6 Å². The maximum atomic E-state index is 11.7. The molecule has 4 heterocycles. The summed E-state index contributed by atoms with van der Waals surface area (Å²) >= 11 is 6.29. The number of hydrogen-bond acceptors (Lipinski definition) is 8. The van der Waals surface area contributed by atoms with Crippen LogP contribution in [0.1, 0.15) is 32.4 Å². The van der Waals surface area contributed by atoms with Gasteiger partial charge in [0.15, 0.2) is 5.16 Å². The van der Waals surface area contributed by atoms with Gasteiger partial charge in [-0.05, 0) is 49.0 Å². The Morgan fingerprint density at radius 2 is 1.79 bits per heavy atom. The second-order valence-corrected chi connectivity index (χ2v) is 8.19. The number of aryl methyl sites for hydroxylation is 1. The Balaban J connectivity index is 0.000000588. The monoisotopic (exact) mass is 497 g/mol. The molecule has 0 fully saturated rings. The van der Waals surface area contributed by atoms with Crippen LogP contribution in [-0.4, -0.2) is 46.7 Å². The first kappa shape index (κ1) is 25.3. The van der Waals surface area contributed by atoms with Crippen molar-refractivity contribution in [3.8, 4) is 22.8 Å². The first-order valence-electron chi connectivity index (χ1n) is 10.5. The third-order valence-electron chi connectivity index (χ3n) is 4.55. The van der Waals surface area contributed by atoms with E-state index in [4.69, 9.17) is 16.6 Å². The van der Waals surface area contributed by atoms with Gasteiger partial charge in [-0.25, -0.2) is 15.0 Å². The first-order valence-corrected chi connectivity index (χ1v) is 12.1. The third-order valence-corrected chi connectivity index (χ3v) is 5.38. The molecule has 0 saturated carbocycles. The topological polar surface area (TPSA) is 115 Å². The summed E-state index contributed by atoms with van der Waals surface area (Å²) in [6.45, 7) is 5.45. The van der Waals surface area contributed by atoms with E-state index in [0.29, 0.717) is 35.3 Å². The van der Waals surface area contributed by atoms with Crippen molar-refractivity contribution in [3.05, 3.63) is 48.4 Å². The number of nitrogens with zero attached hydrogens (tertiary/aromatic N) is 6. The zero-order chi connectivity index (χ0) is 24.7. The number of aromatic nitrogens is 6. The molecule has 0 radical (unpaired) electrons. The minimum absolute atomic E-state index is 0.102. The number of rotatable bonds is 6. The second kappa shape index (κ2) is 11.7. The molecule has 0 atom stereocenters.